The quantitative estimate of drug-likeness (QED) is 0.157. The van der Waals surface area contributed by atoms with Crippen LogP contribution in [0.2, 0.25) is 0 Å². The zero-order valence-electron chi connectivity index (χ0n) is 36.1. The van der Waals surface area contributed by atoms with Gasteiger partial charge in [0.2, 0.25) is 5.79 Å². The standard InChI is InChI=1S/C44H72N2O12/c1-25-18-26(2)20-37(55-7)40-38(56-8)22-28(4)44(53,58-40)41(50)42(51)46-17-10-9-13-32(46)43(52)57-39(27(3)21-30-14-15-33(47)36(23-30)54-6)29(5)34(48)24-35(49)31(19-25)12-11-16-45/h19,21,26,28-34,36-40,47-48,53H,9-18,20,22-24,45H2,1-8H3/b25-19-,27-21+/t26-,28-,29-,30+,31+,32-,33-,34+,36-,37-,38+,39-,40+,44-/m1/s1. The summed E-state index contributed by atoms with van der Waals surface area (Å²) in [5, 5.41) is 34.2. The van der Waals surface area contributed by atoms with Crippen LogP contribution < -0.4 is 5.73 Å². The van der Waals surface area contributed by atoms with Crippen LogP contribution in [0, 0.1) is 29.6 Å². The van der Waals surface area contributed by atoms with Crippen LogP contribution in [0.15, 0.2) is 23.3 Å². The zero-order valence-corrected chi connectivity index (χ0v) is 36.1. The molecule has 2 bridgehead atoms. The molecule has 14 atom stereocenters. The van der Waals surface area contributed by atoms with Crippen molar-refractivity contribution >= 4 is 23.4 Å². The predicted octanol–water partition coefficient (Wildman–Crippen LogP) is 3.80. The molecule has 0 aromatic rings. The minimum Gasteiger partial charge on any atom is -0.456 e. The van der Waals surface area contributed by atoms with Crippen molar-refractivity contribution < 1.29 is 58.2 Å². The maximum Gasteiger partial charge on any atom is 0.329 e. The first-order valence-electron chi connectivity index (χ1n) is 21.5. The van der Waals surface area contributed by atoms with Crippen LogP contribution in [0.3, 0.4) is 0 Å². The molecule has 1 aliphatic carbocycles. The van der Waals surface area contributed by atoms with Crippen molar-refractivity contribution in [2.24, 2.45) is 35.3 Å². The molecule has 14 nitrogen and oxygen atoms in total. The number of piperidine rings is 1. The molecule has 2 saturated heterocycles. The number of carbonyl (C=O) groups excluding carboxylic acids is 4. The number of methoxy groups -OCH3 is 3. The van der Waals surface area contributed by atoms with E-state index in [0.29, 0.717) is 69.9 Å². The lowest BCUT2D eigenvalue weighted by Gasteiger charge is -2.47. The van der Waals surface area contributed by atoms with Gasteiger partial charge in [0.05, 0.1) is 30.5 Å². The van der Waals surface area contributed by atoms with Crippen molar-refractivity contribution in [2.45, 2.75) is 166 Å². The highest BCUT2D eigenvalue weighted by Gasteiger charge is 2.56. The number of Topliss-reactive ketones (excluding diaryl/α,β-unsaturated/α-hetero) is 2. The molecule has 3 heterocycles. The first-order chi connectivity index (χ1) is 27.5. The number of hydrogen-bond acceptors (Lipinski definition) is 13. The molecule has 0 radical (unpaired) electrons. The number of carbonyl (C=O) groups is 4. The van der Waals surface area contributed by atoms with Gasteiger partial charge in [-0.15, -0.1) is 0 Å². The number of esters is 1. The summed E-state index contributed by atoms with van der Waals surface area (Å²) in [6.07, 6.45) is 4.04. The lowest BCUT2D eigenvalue weighted by atomic mass is 9.81. The molecule has 0 aromatic heterocycles. The molecule has 0 spiro atoms. The van der Waals surface area contributed by atoms with Crippen LogP contribution in [-0.2, 0) is 42.9 Å². The topological polar surface area (TPSA) is 204 Å². The van der Waals surface area contributed by atoms with Crippen LogP contribution in [0.25, 0.3) is 0 Å². The molecule has 3 fully saturated rings. The van der Waals surface area contributed by atoms with Gasteiger partial charge in [-0.05, 0) is 108 Å². The summed E-state index contributed by atoms with van der Waals surface area (Å²) in [5.41, 5.74) is 7.51. The number of ketones is 2. The first kappa shape index (κ1) is 48.1. The Morgan fingerprint density at radius 1 is 0.931 bits per heavy atom. The Morgan fingerprint density at radius 3 is 2.26 bits per heavy atom. The normalized spacial score (nSPS) is 40.6. The van der Waals surface area contributed by atoms with E-state index in [9.17, 15) is 34.5 Å². The number of aliphatic hydroxyl groups is 3. The van der Waals surface area contributed by atoms with Crippen molar-refractivity contribution in [3.05, 3.63) is 23.3 Å². The monoisotopic (exact) mass is 821 g/mol. The molecule has 330 valence electrons. The van der Waals surface area contributed by atoms with Gasteiger partial charge in [0.15, 0.2) is 0 Å². The molecule has 1 saturated carbocycles. The maximum absolute atomic E-state index is 14.3. The van der Waals surface area contributed by atoms with Crippen molar-refractivity contribution in [1.82, 2.24) is 4.90 Å². The summed E-state index contributed by atoms with van der Waals surface area (Å²) in [5.74, 6) is -7.69. The predicted molar refractivity (Wildman–Crippen MR) is 216 cm³/mol. The number of rotatable bonds is 8. The maximum atomic E-state index is 14.3. The Morgan fingerprint density at radius 2 is 1.60 bits per heavy atom. The summed E-state index contributed by atoms with van der Waals surface area (Å²) in [4.78, 5) is 58.0. The number of cyclic esters (lactones) is 1. The number of amides is 1. The van der Waals surface area contributed by atoms with Crippen LogP contribution in [-0.4, -0.2) is 133 Å². The second-order valence-electron chi connectivity index (χ2n) is 17.7. The second kappa shape index (κ2) is 21.8. The van der Waals surface area contributed by atoms with E-state index in [0.717, 1.165) is 5.57 Å². The van der Waals surface area contributed by atoms with E-state index in [4.69, 9.17) is 29.4 Å². The molecule has 5 N–H and O–H groups in total. The Balaban J connectivity index is 1.78. The highest BCUT2D eigenvalue weighted by Crippen LogP contribution is 2.39. The van der Waals surface area contributed by atoms with Gasteiger partial charge in [0.25, 0.3) is 11.7 Å². The third-order valence-electron chi connectivity index (χ3n) is 13.2. The van der Waals surface area contributed by atoms with Gasteiger partial charge in [0, 0.05) is 52.0 Å². The second-order valence-corrected chi connectivity index (χ2v) is 17.7. The van der Waals surface area contributed by atoms with Gasteiger partial charge in [-0.1, -0.05) is 38.5 Å². The molecule has 0 unspecified atom stereocenters. The van der Waals surface area contributed by atoms with E-state index in [2.05, 4.69) is 0 Å². The zero-order chi connectivity index (χ0) is 42.9. The molecule has 3 aliphatic heterocycles. The number of aliphatic hydroxyl groups excluding tert-OH is 2. The summed E-state index contributed by atoms with van der Waals surface area (Å²) in [6, 6.07) is -1.14. The van der Waals surface area contributed by atoms with E-state index in [1.807, 2.05) is 32.9 Å². The van der Waals surface area contributed by atoms with Crippen molar-refractivity contribution in [2.75, 3.05) is 34.4 Å². The van der Waals surface area contributed by atoms with Gasteiger partial charge in [-0.3, -0.25) is 14.4 Å². The van der Waals surface area contributed by atoms with Gasteiger partial charge < -0.3 is 49.6 Å². The van der Waals surface area contributed by atoms with E-state index < -0.39 is 83.9 Å². The van der Waals surface area contributed by atoms with Crippen LogP contribution in [0.1, 0.15) is 112 Å². The highest BCUT2D eigenvalue weighted by molar-refractivity contribution is 6.39. The smallest absolute Gasteiger partial charge is 0.329 e. The fraction of sp³-hybridized carbons (Fsp3) is 0.818. The van der Waals surface area contributed by atoms with Gasteiger partial charge in [0.1, 0.15) is 24.0 Å². The van der Waals surface area contributed by atoms with E-state index >= 15 is 0 Å². The minimum absolute atomic E-state index is 0.0106. The van der Waals surface area contributed by atoms with Gasteiger partial charge >= 0.3 is 5.97 Å². The molecule has 4 rings (SSSR count). The number of hydrogen-bond donors (Lipinski definition) is 4. The summed E-state index contributed by atoms with van der Waals surface area (Å²) < 4.78 is 29.8. The summed E-state index contributed by atoms with van der Waals surface area (Å²) in [7, 11) is 4.62. The van der Waals surface area contributed by atoms with Crippen molar-refractivity contribution in [3.8, 4) is 0 Å². The van der Waals surface area contributed by atoms with E-state index in [-0.39, 0.29) is 49.5 Å². The molecule has 1 amide bonds. The Hall–Kier alpha value is -2.56. The van der Waals surface area contributed by atoms with Crippen LogP contribution in [0.5, 0.6) is 0 Å². The highest BCUT2D eigenvalue weighted by atomic mass is 16.7. The lowest BCUT2D eigenvalue weighted by Crippen LogP contribution is -2.64. The number of allylic oxidation sites excluding steroid dienone is 3. The van der Waals surface area contributed by atoms with E-state index in [1.165, 1.54) is 19.1 Å². The Kier molecular flexibility index (Phi) is 18.1. The van der Waals surface area contributed by atoms with Crippen LogP contribution >= 0.6 is 0 Å². The van der Waals surface area contributed by atoms with Crippen molar-refractivity contribution in [1.29, 1.82) is 0 Å². The lowest BCUT2D eigenvalue weighted by molar-refractivity contribution is -0.302. The van der Waals surface area contributed by atoms with Crippen molar-refractivity contribution in [3.63, 3.8) is 0 Å². The average molecular weight is 821 g/mol. The summed E-state index contributed by atoms with van der Waals surface area (Å²) in [6.45, 7) is 9.69. The molecule has 0 aromatic carbocycles. The summed E-state index contributed by atoms with van der Waals surface area (Å²) >= 11 is 0. The number of ether oxygens (including phenoxy) is 5. The molecule has 58 heavy (non-hydrogen) atoms. The Labute approximate surface area is 345 Å². The largest absolute Gasteiger partial charge is 0.456 e. The number of fused-ring (bicyclic) bond motifs is 3. The third kappa shape index (κ3) is 11.6. The fourth-order valence-electron chi connectivity index (χ4n) is 9.63. The number of nitrogens with zero attached hydrogens (tertiary/aromatic N) is 1. The fourth-order valence-corrected chi connectivity index (χ4v) is 9.63. The molecule has 4 aliphatic rings. The first-order valence-corrected chi connectivity index (χ1v) is 21.5. The number of nitrogens with two attached hydrogens (primary N) is 1. The van der Waals surface area contributed by atoms with Gasteiger partial charge in [-0.2, -0.15) is 0 Å². The molecular weight excluding hydrogens is 748 g/mol. The molecule has 14 heteroatoms. The molecular formula is C44H72N2O12. The van der Waals surface area contributed by atoms with E-state index in [1.54, 1.807) is 21.0 Å². The third-order valence-corrected chi connectivity index (χ3v) is 13.2. The van der Waals surface area contributed by atoms with Crippen LogP contribution in [0.4, 0.5) is 0 Å². The average Bonchev–Trinajstić information content (AvgIpc) is 3.20. The SMILES string of the molecule is CO[C@H]1C[C@@H](C)[C@@]2(O)O[C@H]1[C@H](OC)C[C@H](C)C/C(C)=C\[C@H](CCCN)C(=O)C[C@H](O)[C@@H](C)[C@@H](/C(C)=C/[C@@H]1CC[C@@H](O)[C@H](OC)C1)OC(=O)[C@H]1CCCCN1C(=O)C2=O. The van der Waals surface area contributed by atoms with Gasteiger partial charge in [-0.25, -0.2) is 4.79 Å². The minimum atomic E-state index is -2.51. The Bertz CT molecular complexity index is 1470.